The van der Waals surface area contributed by atoms with Gasteiger partial charge in [-0.25, -0.2) is 9.79 Å². The van der Waals surface area contributed by atoms with Gasteiger partial charge in [0.2, 0.25) is 0 Å². The highest BCUT2D eigenvalue weighted by Gasteiger charge is 2.27. The molecule has 1 fully saturated rings. The Bertz CT molecular complexity index is 695. The topological polar surface area (TPSA) is 75.2 Å². The Hall–Kier alpha value is -2.28. The molecular weight excluding hydrogens is 380 g/mol. The zero-order valence-electron chi connectivity index (χ0n) is 19.3. The van der Waals surface area contributed by atoms with Crippen LogP contribution in [0.25, 0.3) is 0 Å². The van der Waals surface area contributed by atoms with Crippen molar-refractivity contribution in [1.29, 1.82) is 0 Å². The molecule has 1 aromatic rings. The van der Waals surface area contributed by atoms with Crippen molar-refractivity contribution in [3.63, 3.8) is 0 Å². The van der Waals surface area contributed by atoms with Gasteiger partial charge in [0.1, 0.15) is 5.60 Å². The lowest BCUT2D eigenvalue weighted by molar-refractivity contribution is 0.0507. The molecule has 0 bridgehead atoms. The van der Waals surface area contributed by atoms with E-state index in [1.165, 1.54) is 5.56 Å². The number of carbonyl (C=O) groups excluding carboxylic acids is 1. The average Bonchev–Trinajstić information content (AvgIpc) is 3.10. The summed E-state index contributed by atoms with van der Waals surface area (Å²) >= 11 is 0. The molecule has 0 saturated carbocycles. The summed E-state index contributed by atoms with van der Waals surface area (Å²) in [4.78, 5) is 19.0. The highest BCUT2D eigenvalue weighted by molar-refractivity contribution is 5.80. The van der Waals surface area contributed by atoms with E-state index in [2.05, 4.69) is 46.7 Å². The highest BCUT2D eigenvalue weighted by atomic mass is 16.6. The molecule has 1 aliphatic rings. The van der Waals surface area contributed by atoms with E-state index in [9.17, 15) is 4.79 Å². The van der Waals surface area contributed by atoms with Gasteiger partial charge in [-0.2, -0.15) is 0 Å². The maximum absolute atomic E-state index is 12.0. The molecule has 1 atom stereocenters. The predicted molar refractivity (Wildman–Crippen MR) is 121 cm³/mol. The Morgan fingerprint density at radius 2 is 1.90 bits per heavy atom. The first-order chi connectivity index (χ1) is 14.2. The average molecular weight is 419 g/mol. The standard InChI is InChI=1S/C23H38N4O3/c1-7-24-21(25-14-18-8-10-19(11-9-18)16-29-17(2)3)27-13-12-20(15-27)26-22(28)30-23(4,5)6/h8-11,17,20H,7,12-16H2,1-6H3,(H,24,25)(H,26,28). The molecule has 1 saturated heterocycles. The van der Waals surface area contributed by atoms with Crippen LogP contribution in [0.4, 0.5) is 4.79 Å². The van der Waals surface area contributed by atoms with Gasteiger partial charge in [0.05, 0.1) is 25.3 Å². The number of guanidine groups is 1. The molecule has 7 heteroatoms. The first kappa shape index (κ1) is 24.0. The van der Waals surface area contributed by atoms with Crippen molar-refractivity contribution in [2.24, 2.45) is 4.99 Å². The molecule has 0 aromatic heterocycles. The second-order valence-corrected chi connectivity index (χ2v) is 8.92. The van der Waals surface area contributed by atoms with Gasteiger partial charge in [-0.3, -0.25) is 0 Å². The summed E-state index contributed by atoms with van der Waals surface area (Å²) in [5, 5.41) is 6.33. The number of carbonyl (C=O) groups is 1. The number of likely N-dealkylation sites (tertiary alicyclic amines) is 1. The molecule has 2 rings (SSSR count). The lowest BCUT2D eigenvalue weighted by atomic mass is 10.1. The third kappa shape index (κ3) is 8.61. The van der Waals surface area contributed by atoms with Crippen LogP contribution in [0.15, 0.2) is 29.3 Å². The van der Waals surface area contributed by atoms with Gasteiger partial charge in [-0.15, -0.1) is 0 Å². The van der Waals surface area contributed by atoms with Crippen LogP contribution in [0.1, 0.15) is 59.1 Å². The molecule has 1 unspecified atom stereocenters. The van der Waals surface area contributed by atoms with Crippen molar-refractivity contribution in [3.8, 4) is 0 Å². The predicted octanol–water partition coefficient (Wildman–Crippen LogP) is 3.68. The van der Waals surface area contributed by atoms with Gasteiger partial charge in [0.15, 0.2) is 5.96 Å². The minimum Gasteiger partial charge on any atom is -0.444 e. The molecule has 1 heterocycles. The minimum atomic E-state index is -0.491. The summed E-state index contributed by atoms with van der Waals surface area (Å²) < 4.78 is 11.0. The largest absolute Gasteiger partial charge is 0.444 e. The van der Waals surface area contributed by atoms with Gasteiger partial charge in [0, 0.05) is 19.6 Å². The van der Waals surface area contributed by atoms with E-state index >= 15 is 0 Å². The van der Waals surface area contributed by atoms with Crippen LogP contribution >= 0.6 is 0 Å². The van der Waals surface area contributed by atoms with Crippen molar-refractivity contribution >= 4 is 12.1 Å². The quantitative estimate of drug-likeness (QED) is 0.522. The molecule has 7 nitrogen and oxygen atoms in total. The fourth-order valence-corrected chi connectivity index (χ4v) is 3.14. The number of hydrogen-bond acceptors (Lipinski definition) is 4. The van der Waals surface area contributed by atoms with Crippen LogP contribution in [-0.2, 0) is 22.6 Å². The molecule has 0 aliphatic carbocycles. The fourth-order valence-electron chi connectivity index (χ4n) is 3.14. The Balaban J connectivity index is 1.90. The maximum Gasteiger partial charge on any atom is 0.407 e. The number of benzene rings is 1. The maximum atomic E-state index is 12.0. The lowest BCUT2D eigenvalue weighted by Gasteiger charge is -2.23. The fraction of sp³-hybridized carbons (Fsp3) is 0.652. The van der Waals surface area contributed by atoms with Crippen LogP contribution < -0.4 is 10.6 Å². The zero-order valence-corrected chi connectivity index (χ0v) is 19.3. The van der Waals surface area contributed by atoms with Gasteiger partial charge in [0.25, 0.3) is 0 Å². The van der Waals surface area contributed by atoms with E-state index in [1.807, 2.05) is 34.6 Å². The molecule has 1 amide bonds. The summed E-state index contributed by atoms with van der Waals surface area (Å²) in [6, 6.07) is 8.45. The monoisotopic (exact) mass is 418 g/mol. The second-order valence-electron chi connectivity index (χ2n) is 8.92. The molecule has 168 valence electrons. The summed E-state index contributed by atoms with van der Waals surface area (Å²) in [5.41, 5.74) is 1.83. The number of nitrogens with one attached hydrogen (secondary N) is 2. The number of hydrogen-bond donors (Lipinski definition) is 2. The number of amides is 1. The molecular formula is C23H38N4O3. The van der Waals surface area contributed by atoms with Crippen molar-refractivity contribution in [2.75, 3.05) is 19.6 Å². The summed E-state index contributed by atoms with van der Waals surface area (Å²) in [6.07, 6.45) is 0.734. The first-order valence-electron chi connectivity index (χ1n) is 10.9. The Labute approximate surface area is 181 Å². The van der Waals surface area contributed by atoms with Crippen LogP contribution in [-0.4, -0.2) is 54.3 Å². The van der Waals surface area contributed by atoms with Gasteiger partial charge < -0.3 is 25.0 Å². The first-order valence-corrected chi connectivity index (χ1v) is 10.9. The molecule has 1 aliphatic heterocycles. The SMILES string of the molecule is CCNC(=NCc1ccc(COC(C)C)cc1)N1CCC(NC(=O)OC(C)(C)C)C1. The van der Waals surface area contributed by atoms with Crippen molar-refractivity contribution in [3.05, 3.63) is 35.4 Å². The van der Waals surface area contributed by atoms with Crippen molar-refractivity contribution in [1.82, 2.24) is 15.5 Å². The van der Waals surface area contributed by atoms with Crippen LogP contribution in [0.2, 0.25) is 0 Å². The Morgan fingerprint density at radius 1 is 1.23 bits per heavy atom. The Morgan fingerprint density at radius 3 is 2.50 bits per heavy atom. The van der Waals surface area contributed by atoms with Crippen LogP contribution in [0, 0.1) is 0 Å². The van der Waals surface area contributed by atoms with Gasteiger partial charge >= 0.3 is 6.09 Å². The van der Waals surface area contributed by atoms with Crippen LogP contribution in [0.5, 0.6) is 0 Å². The van der Waals surface area contributed by atoms with Gasteiger partial charge in [-0.05, 0) is 59.1 Å². The van der Waals surface area contributed by atoms with E-state index in [-0.39, 0.29) is 18.2 Å². The molecule has 1 aromatic carbocycles. The van der Waals surface area contributed by atoms with E-state index in [0.29, 0.717) is 13.2 Å². The van der Waals surface area contributed by atoms with Crippen molar-refractivity contribution < 1.29 is 14.3 Å². The zero-order chi connectivity index (χ0) is 22.1. The molecule has 0 radical (unpaired) electrons. The third-order valence-corrected chi connectivity index (χ3v) is 4.56. The molecule has 30 heavy (non-hydrogen) atoms. The van der Waals surface area contributed by atoms with Crippen LogP contribution in [0.3, 0.4) is 0 Å². The number of aliphatic imine (C=N–C) groups is 1. The smallest absolute Gasteiger partial charge is 0.407 e. The number of rotatable bonds is 7. The highest BCUT2D eigenvalue weighted by Crippen LogP contribution is 2.13. The number of nitrogens with zero attached hydrogens (tertiary/aromatic N) is 2. The van der Waals surface area contributed by atoms with E-state index in [1.54, 1.807) is 0 Å². The van der Waals surface area contributed by atoms with E-state index < -0.39 is 5.60 Å². The summed E-state index contributed by atoms with van der Waals surface area (Å²) in [7, 11) is 0. The number of ether oxygens (including phenoxy) is 2. The lowest BCUT2D eigenvalue weighted by Crippen LogP contribution is -2.44. The second kappa shape index (κ2) is 11.2. The molecule has 2 N–H and O–H groups in total. The van der Waals surface area contributed by atoms with Gasteiger partial charge in [-0.1, -0.05) is 24.3 Å². The summed E-state index contributed by atoms with van der Waals surface area (Å²) in [6.45, 7) is 15.3. The van der Waals surface area contributed by atoms with E-state index in [0.717, 1.165) is 37.6 Å². The Kier molecular flexibility index (Phi) is 8.96. The molecule has 0 spiro atoms. The normalized spacial score (nSPS) is 17.4. The van der Waals surface area contributed by atoms with Crippen molar-refractivity contribution in [2.45, 2.75) is 78.9 Å². The number of alkyl carbamates (subject to hydrolysis) is 1. The van der Waals surface area contributed by atoms with E-state index in [4.69, 9.17) is 14.5 Å². The minimum absolute atomic E-state index is 0.0592. The third-order valence-electron chi connectivity index (χ3n) is 4.56. The summed E-state index contributed by atoms with van der Waals surface area (Å²) in [5.74, 6) is 0.873.